The largest absolute Gasteiger partial charge is 0.481 e. The number of aliphatic carboxylic acids is 1. The Morgan fingerprint density at radius 1 is 1.00 bits per heavy atom. The Bertz CT molecular complexity index is 279. The molecule has 3 atom stereocenters. The molecule has 0 spiro atoms. The van der Waals surface area contributed by atoms with Gasteiger partial charge in [0.1, 0.15) is 12.2 Å². The van der Waals surface area contributed by atoms with Crippen molar-refractivity contribution in [2.75, 3.05) is 0 Å². The van der Waals surface area contributed by atoms with Crippen LogP contribution in [0, 0.1) is 5.92 Å². The molecule has 0 radical (unpaired) electrons. The molecule has 1 fully saturated rings. The Morgan fingerprint density at radius 3 is 1.78 bits per heavy atom. The number of rotatable bonds is 4. The van der Waals surface area contributed by atoms with Gasteiger partial charge in [0.05, 0.1) is 0 Å². The molecule has 1 rings (SSSR count). The zero-order chi connectivity index (χ0) is 13.7. The van der Waals surface area contributed by atoms with Crippen LogP contribution in [0.5, 0.6) is 0 Å². The maximum atomic E-state index is 10.9. The maximum Gasteiger partial charge on any atom is 0.303 e. The van der Waals surface area contributed by atoms with Crippen molar-refractivity contribution in [1.82, 2.24) is 0 Å². The Balaban J connectivity index is 2.62. The third-order valence-electron chi connectivity index (χ3n) is 2.85. The first-order valence-corrected chi connectivity index (χ1v) is 5.93. The molecule has 102 valence electrons. The molecule has 0 aromatic carbocycles. The Hall–Kier alpha value is -1.59. The van der Waals surface area contributed by atoms with Crippen molar-refractivity contribution in [3.8, 4) is 0 Å². The topological polar surface area (TPSA) is 89.9 Å². The molecule has 0 saturated heterocycles. The second-order valence-electron chi connectivity index (χ2n) is 4.63. The summed E-state index contributed by atoms with van der Waals surface area (Å²) >= 11 is 0. The van der Waals surface area contributed by atoms with E-state index in [9.17, 15) is 14.4 Å². The third-order valence-corrected chi connectivity index (χ3v) is 2.85. The van der Waals surface area contributed by atoms with Crippen LogP contribution in [0.4, 0.5) is 0 Å². The lowest BCUT2D eigenvalue weighted by Crippen LogP contribution is -2.35. The Labute approximate surface area is 105 Å². The molecule has 6 heteroatoms. The normalized spacial score (nSPS) is 27.3. The summed E-state index contributed by atoms with van der Waals surface area (Å²) in [6.45, 7) is 2.61. The van der Waals surface area contributed by atoms with Gasteiger partial charge in [-0.1, -0.05) is 0 Å². The fraction of sp³-hybridized carbons (Fsp3) is 0.750. The molecule has 1 N–H and O–H groups in total. The van der Waals surface area contributed by atoms with Crippen LogP contribution < -0.4 is 0 Å². The summed E-state index contributed by atoms with van der Waals surface area (Å²) in [5.41, 5.74) is 0. The number of carbonyl (C=O) groups is 3. The number of hydrogen-bond donors (Lipinski definition) is 1. The van der Waals surface area contributed by atoms with Crippen LogP contribution in [0.15, 0.2) is 0 Å². The van der Waals surface area contributed by atoms with Gasteiger partial charge in [-0.25, -0.2) is 0 Å². The van der Waals surface area contributed by atoms with Gasteiger partial charge in [0.25, 0.3) is 0 Å². The van der Waals surface area contributed by atoms with Crippen molar-refractivity contribution in [1.29, 1.82) is 0 Å². The van der Waals surface area contributed by atoms with Gasteiger partial charge in [0.2, 0.25) is 0 Å². The van der Waals surface area contributed by atoms with Gasteiger partial charge in [-0.15, -0.1) is 0 Å². The maximum absolute atomic E-state index is 10.9. The lowest BCUT2D eigenvalue weighted by atomic mass is 9.83. The van der Waals surface area contributed by atoms with E-state index in [4.69, 9.17) is 14.6 Å². The lowest BCUT2D eigenvalue weighted by Gasteiger charge is -2.33. The monoisotopic (exact) mass is 258 g/mol. The number of carboxylic acid groups (broad SMARTS) is 1. The number of carbonyl (C=O) groups excluding carboxylic acids is 2. The third kappa shape index (κ3) is 5.16. The summed E-state index contributed by atoms with van der Waals surface area (Å²) in [7, 11) is 0. The van der Waals surface area contributed by atoms with Crippen molar-refractivity contribution in [3.63, 3.8) is 0 Å². The van der Waals surface area contributed by atoms with E-state index in [1.807, 2.05) is 0 Å². The minimum atomic E-state index is -0.898. The second kappa shape index (κ2) is 6.37. The van der Waals surface area contributed by atoms with Crippen molar-refractivity contribution < 1.29 is 29.0 Å². The number of esters is 2. The van der Waals surface area contributed by atoms with Crippen LogP contribution in [0.2, 0.25) is 0 Å². The first-order chi connectivity index (χ1) is 8.36. The molecule has 0 aliphatic heterocycles. The molecule has 0 amide bonds. The van der Waals surface area contributed by atoms with E-state index in [1.165, 1.54) is 13.8 Å². The average molecular weight is 258 g/mol. The zero-order valence-electron chi connectivity index (χ0n) is 10.5. The fourth-order valence-electron chi connectivity index (χ4n) is 2.40. The van der Waals surface area contributed by atoms with E-state index >= 15 is 0 Å². The van der Waals surface area contributed by atoms with E-state index in [-0.39, 0.29) is 24.5 Å². The highest BCUT2D eigenvalue weighted by atomic mass is 16.6. The summed E-state index contributed by atoms with van der Waals surface area (Å²) in [4.78, 5) is 32.6. The molecule has 1 unspecified atom stereocenters. The van der Waals surface area contributed by atoms with Gasteiger partial charge in [-0.2, -0.15) is 0 Å². The highest BCUT2D eigenvalue weighted by Gasteiger charge is 2.33. The van der Waals surface area contributed by atoms with E-state index < -0.39 is 17.9 Å². The van der Waals surface area contributed by atoms with Crippen LogP contribution in [0.25, 0.3) is 0 Å². The first-order valence-electron chi connectivity index (χ1n) is 5.93. The summed E-state index contributed by atoms with van der Waals surface area (Å²) in [5, 5.41) is 8.79. The second-order valence-corrected chi connectivity index (χ2v) is 4.63. The van der Waals surface area contributed by atoms with Crippen molar-refractivity contribution in [2.45, 2.75) is 51.7 Å². The molecule has 0 heterocycles. The van der Waals surface area contributed by atoms with E-state index in [2.05, 4.69) is 0 Å². The number of ether oxygens (including phenoxy) is 2. The smallest absolute Gasteiger partial charge is 0.303 e. The van der Waals surface area contributed by atoms with Crippen LogP contribution in [0.1, 0.15) is 39.5 Å². The van der Waals surface area contributed by atoms with Crippen LogP contribution in [-0.4, -0.2) is 35.2 Å². The van der Waals surface area contributed by atoms with Crippen molar-refractivity contribution >= 4 is 17.9 Å². The van der Waals surface area contributed by atoms with Gasteiger partial charge >= 0.3 is 17.9 Å². The van der Waals surface area contributed by atoms with Gasteiger partial charge in [0.15, 0.2) is 0 Å². The van der Waals surface area contributed by atoms with Crippen molar-refractivity contribution in [2.24, 2.45) is 5.92 Å². The molecule has 1 aliphatic carbocycles. The highest BCUT2D eigenvalue weighted by molar-refractivity contribution is 5.68. The molecular formula is C12H18O6. The van der Waals surface area contributed by atoms with Crippen LogP contribution in [-0.2, 0) is 23.9 Å². The average Bonchev–Trinajstić information content (AvgIpc) is 2.12. The van der Waals surface area contributed by atoms with Crippen LogP contribution >= 0.6 is 0 Å². The van der Waals surface area contributed by atoms with E-state index in [0.29, 0.717) is 19.3 Å². The standard InChI is InChI=1S/C12H18O6/c1-7(13)17-10-3-9(5-12(15)16)4-11(6-10)18-8(2)14/h9-11H,3-6H2,1-2H3,(H,15,16)/t9?,10-,11+. The molecule has 6 nitrogen and oxygen atoms in total. The predicted octanol–water partition coefficient (Wildman–Crippen LogP) is 1.12. The summed E-state index contributed by atoms with van der Waals surface area (Å²) in [6, 6.07) is 0. The highest BCUT2D eigenvalue weighted by Crippen LogP contribution is 2.31. The van der Waals surface area contributed by atoms with E-state index in [1.54, 1.807) is 0 Å². The van der Waals surface area contributed by atoms with Gasteiger partial charge in [-0.05, 0) is 18.8 Å². The quantitative estimate of drug-likeness (QED) is 0.760. The lowest BCUT2D eigenvalue weighted by molar-refractivity contribution is -0.158. The SMILES string of the molecule is CC(=O)O[C@@H]1CC(CC(=O)O)C[C@H](OC(C)=O)C1. The minimum Gasteiger partial charge on any atom is -0.481 e. The summed E-state index contributed by atoms with van der Waals surface area (Å²) < 4.78 is 10.2. The minimum absolute atomic E-state index is 0.00443. The Morgan fingerprint density at radius 2 is 1.44 bits per heavy atom. The fourth-order valence-corrected chi connectivity index (χ4v) is 2.40. The summed E-state index contributed by atoms with van der Waals surface area (Å²) in [6.07, 6.45) is 0.702. The van der Waals surface area contributed by atoms with E-state index in [0.717, 1.165) is 0 Å². The van der Waals surface area contributed by atoms with Gasteiger partial charge in [-0.3, -0.25) is 14.4 Å². The van der Waals surface area contributed by atoms with Crippen molar-refractivity contribution in [3.05, 3.63) is 0 Å². The van der Waals surface area contributed by atoms with Gasteiger partial charge in [0, 0.05) is 26.7 Å². The molecule has 1 saturated carbocycles. The number of hydrogen-bond acceptors (Lipinski definition) is 5. The van der Waals surface area contributed by atoms with Crippen LogP contribution in [0.3, 0.4) is 0 Å². The molecule has 0 bridgehead atoms. The molecule has 18 heavy (non-hydrogen) atoms. The zero-order valence-corrected chi connectivity index (χ0v) is 10.5. The molecule has 0 aromatic rings. The van der Waals surface area contributed by atoms with Gasteiger partial charge < -0.3 is 14.6 Å². The molecule has 0 aromatic heterocycles. The first kappa shape index (κ1) is 14.5. The summed E-state index contributed by atoms with van der Waals surface area (Å²) in [5.74, 6) is -1.84. The Kier molecular flexibility index (Phi) is 5.12. The molecular weight excluding hydrogens is 240 g/mol. The number of carboxylic acids is 1. The molecule has 1 aliphatic rings. The predicted molar refractivity (Wildman–Crippen MR) is 60.7 cm³/mol.